The van der Waals surface area contributed by atoms with Gasteiger partial charge in [0.1, 0.15) is 17.3 Å². The van der Waals surface area contributed by atoms with Gasteiger partial charge in [-0.05, 0) is 29.1 Å². The summed E-state index contributed by atoms with van der Waals surface area (Å²) in [6.45, 7) is 0. The Morgan fingerprint density at radius 3 is 2.62 bits per heavy atom. The second-order valence-electron chi connectivity index (χ2n) is 4.56. The highest BCUT2D eigenvalue weighted by molar-refractivity contribution is 9.10. The van der Waals surface area contributed by atoms with E-state index in [9.17, 15) is 0 Å². The van der Waals surface area contributed by atoms with Crippen LogP contribution < -0.4 is 10.5 Å². The normalized spacial score (nSPS) is 10.8. The van der Waals surface area contributed by atoms with Crippen LogP contribution in [0.4, 0.5) is 5.82 Å². The van der Waals surface area contributed by atoms with Crippen molar-refractivity contribution in [3.8, 4) is 27.4 Å². The molecule has 21 heavy (non-hydrogen) atoms. The molecule has 6 heteroatoms. The van der Waals surface area contributed by atoms with Gasteiger partial charge in [0.2, 0.25) is 0 Å². The first-order valence-electron chi connectivity index (χ1n) is 6.32. The molecule has 2 aromatic heterocycles. The molecule has 3 rings (SSSR count). The van der Waals surface area contributed by atoms with Crippen LogP contribution in [-0.4, -0.2) is 16.9 Å². The van der Waals surface area contributed by atoms with E-state index in [-0.39, 0.29) is 0 Å². The lowest BCUT2D eigenvalue weighted by Crippen LogP contribution is -1.97. The van der Waals surface area contributed by atoms with Crippen LogP contribution in [-0.2, 0) is 7.05 Å². The van der Waals surface area contributed by atoms with Crippen molar-refractivity contribution in [2.75, 3.05) is 12.8 Å². The summed E-state index contributed by atoms with van der Waals surface area (Å²) < 4.78 is 8.14. The monoisotopic (exact) mass is 363 g/mol. The summed E-state index contributed by atoms with van der Waals surface area (Å²) in [5.41, 5.74) is 9.05. The van der Waals surface area contributed by atoms with Gasteiger partial charge in [0.25, 0.3) is 0 Å². The number of benzene rings is 1. The molecule has 2 heterocycles. The molecule has 0 saturated carbocycles. The fraction of sp³-hybridized carbons (Fsp3) is 0.133. The lowest BCUT2D eigenvalue weighted by atomic mass is 10.0. The SMILES string of the molecule is COc1ccsc1-c1nn(C)c(N)c1-c1ccc(Br)cc1. The Morgan fingerprint density at radius 2 is 1.95 bits per heavy atom. The van der Waals surface area contributed by atoms with Crippen molar-refractivity contribution in [2.24, 2.45) is 7.05 Å². The van der Waals surface area contributed by atoms with Gasteiger partial charge < -0.3 is 10.5 Å². The van der Waals surface area contributed by atoms with E-state index in [1.807, 2.05) is 42.8 Å². The number of nitrogens with two attached hydrogens (primary N) is 1. The number of thiophene rings is 1. The summed E-state index contributed by atoms with van der Waals surface area (Å²) >= 11 is 5.05. The maximum atomic E-state index is 6.22. The minimum absolute atomic E-state index is 0.641. The first-order chi connectivity index (χ1) is 10.1. The van der Waals surface area contributed by atoms with Crippen LogP contribution in [0.3, 0.4) is 0 Å². The minimum atomic E-state index is 0.641. The third kappa shape index (κ3) is 2.45. The molecule has 2 N–H and O–H groups in total. The second-order valence-corrected chi connectivity index (χ2v) is 6.39. The van der Waals surface area contributed by atoms with Crippen molar-refractivity contribution in [1.82, 2.24) is 9.78 Å². The summed E-state index contributed by atoms with van der Waals surface area (Å²) in [4.78, 5) is 0.989. The van der Waals surface area contributed by atoms with E-state index < -0.39 is 0 Å². The van der Waals surface area contributed by atoms with Crippen molar-refractivity contribution in [2.45, 2.75) is 0 Å². The second kappa shape index (κ2) is 5.54. The molecule has 0 aliphatic carbocycles. The molecule has 0 saturated heterocycles. The number of methoxy groups -OCH3 is 1. The van der Waals surface area contributed by atoms with Crippen molar-refractivity contribution in [3.05, 3.63) is 40.2 Å². The number of rotatable bonds is 3. The quantitative estimate of drug-likeness (QED) is 0.759. The fourth-order valence-electron chi connectivity index (χ4n) is 2.23. The van der Waals surface area contributed by atoms with Gasteiger partial charge >= 0.3 is 0 Å². The molecule has 0 amide bonds. The average molecular weight is 364 g/mol. The van der Waals surface area contributed by atoms with Crippen molar-refractivity contribution in [3.63, 3.8) is 0 Å². The van der Waals surface area contributed by atoms with Crippen LogP contribution in [0.1, 0.15) is 0 Å². The van der Waals surface area contributed by atoms with Gasteiger partial charge in [0, 0.05) is 11.5 Å². The maximum Gasteiger partial charge on any atom is 0.139 e. The Bertz CT molecular complexity index is 777. The van der Waals surface area contributed by atoms with E-state index in [4.69, 9.17) is 10.5 Å². The molecule has 0 radical (unpaired) electrons. The van der Waals surface area contributed by atoms with E-state index in [2.05, 4.69) is 21.0 Å². The lowest BCUT2D eigenvalue weighted by molar-refractivity contribution is 0.418. The molecule has 0 spiro atoms. The number of hydrogen-bond donors (Lipinski definition) is 1. The van der Waals surface area contributed by atoms with Crippen LogP contribution in [0.25, 0.3) is 21.7 Å². The van der Waals surface area contributed by atoms with Crippen LogP contribution >= 0.6 is 27.3 Å². The molecule has 0 aliphatic heterocycles. The van der Waals surface area contributed by atoms with Gasteiger partial charge in [-0.25, -0.2) is 0 Å². The summed E-state index contributed by atoms with van der Waals surface area (Å²) in [6.07, 6.45) is 0. The third-order valence-corrected chi connectivity index (χ3v) is 4.72. The first-order valence-corrected chi connectivity index (χ1v) is 7.99. The van der Waals surface area contributed by atoms with Crippen molar-refractivity contribution in [1.29, 1.82) is 0 Å². The smallest absolute Gasteiger partial charge is 0.139 e. The molecular formula is C15H14BrN3OS. The van der Waals surface area contributed by atoms with Gasteiger partial charge in [-0.1, -0.05) is 28.1 Å². The molecule has 1 aromatic carbocycles. The summed E-state index contributed by atoms with van der Waals surface area (Å²) in [5, 5.41) is 6.56. The number of halogens is 1. The zero-order chi connectivity index (χ0) is 15.0. The Balaban J connectivity index is 2.23. The van der Waals surface area contributed by atoms with Gasteiger partial charge in [-0.3, -0.25) is 4.68 Å². The molecule has 4 nitrogen and oxygen atoms in total. The summed E-state index contributed by atoms with van der Waals surface area (Å²) in [7, 11) is 3.51. The predicted molar refractivity (Wildman–Crippen MR) is 90.6 cm³/mol. The standard InChI is InChI=1S/C15H14BrN3OS/c1-19-15(17)12(9-3-5-10(16)6-4-9)13(18-19)14-11(20-2)7-8-21-14/h3-8H,17H2,1-2H3. The van der Waals surface area contributed by atoms with Crippen LogP contribution in [0, 0.1) is 0 Å². The van der Waals surface area contributed by atoms with Crippen LogP contribution in [0.5, 0.6) is 5.75 Å². The molecule has 108 valence electrons. The number of ether oxygens (including phenoxy) is 1. The van der Waals surface area contributed by atoms with E-state index in [1.165, 1.54) is 0 Å². The van der Waals surface area contributed by atoms with Gasteiger partial charge in [0.15, 0.2) is 0 Å². The Labute approximate surface area is 135 Å². The van der Waals surface area contributed by atoms with Gasteiger partial charge in [-0.2, -0.15) is 5.10 Å². The predicted octanol–water partition coefficient (Wildman–Crippen LogP) is 4.17. The highest BCUT2D eigenvalue weighted by atomic mass is 79.9. The summed E-state index contributed by atoms with van der Waals surface area (Å²) in [6, 6.07) is 9.99. The average Bonchev–Trinajstić information content (AvgIpc) is 3.06. The zero-order valence-electron chi connectivity index (χ0n) is 11.6. The molecule has 0 atom stereocenters. The lowest BCUT2D eigenvalue weighted by Gasteiger charge is -2.05. The minimum Gasteiger partial charge on any atom is -0.495 e. The number of nitrogens with zero attached hydrogens (tertiary/aromatic N) is 2. The number of aryl methyl sites for hydroxylation is 1. The van der Waals surface area contributed by atoms with E-state index in [1.54, 1.807) is 23.1 Å². The van der Waals surface area contributed by atoms with Crippen LogP contribution in [0.15, 0.2) is 40.2 Å². The van der Waals surface area contributed by atoms with E-state index in [0.717, 1.165) is 31.9 Å². The number of hydrogen-bond acceptors (Lipinski definition) is 4. The molecule has 0 aliphatic rings. The fourth-order valence-corrected chi connectivity index (χ4v) is 3.34. The van der Waals surface area contributed by atoms with Gasteiger partial charge in [-0.15, -0.1) is 11.3 Å². The first kappa shape index (κ1) is 14.2. The molecule has 0 bridgehead atoms. The van der Waals surface area contributed by atoms with Crippen molar-refractivity contribution >= 4 is 33.1 Å². The Kier molecular flexibility index (Phi) is 3.73. The Hall–Kier alpha value is -1.79. The van der Waals surface area contributed by atoms with Gasteiger partial charge in [0.05, 0.1) is 17.6 Å². The highest BCUT2D eigenvalue weighted by Crippen LogP contribution is 2.42. The van der Waals surface area contributed by atoms with Crippen LogP contribution in [0.2, 0.25) is 0 Å². The number of nitrogen functional groups attached to an aromatic ring is 1. The maximum absolute atomic E-state index is 6.22. The molecular weight excluding hydrogens is 350 g/mol. The number of aromatic nitrogens is 2. The molecule has 0 fully saturated rings. The molecule has 3 aromatic rings. The molecule has 0 unspecified atom stereocenters. The zero-order valence-corrected chi connectivity index (χ0v) is 14.0. The van der Waals surface area contributed by atoms with Crippen molar-refractivity contribution < 1.29 is 4.74 Å². The third-order valence-electron chi connectivity index (χ3n) is 3.29. The largest absolute Gasteiger partial charge is 0.495 e. The number of anilines is 1. The highest BCUT2D eigenvalue weighted by Gasteiger charge is 2.21. The summed E-state index contributed by atoms with van der Waals surface area (Å²) in [5.74, 6) is 1.46. The van der Waals surface area contributed by atoms with E-state index >= 15 is 0 Å². The Morgan fingerprint density at radius 1 is 1.24 bits per heavy atom. The topological polar surface area (TPSA) is 53.1 Å². The van der Waals surface area contributed by atoms with E-state index in [0.29, 0.717) is 5.82 Å².